The lowest BCUT2D eigenvalue weighted by Crippen LogP contribution is -2.20. The van der Waals surface area contributed by atoms with Crippen LogP contribution in [-0.2, 0) is 4.74 Å². The van der Waals surface area contributed by atoms with Gasteiger partial charge in [0.25, 0.3) is 0 Å². The van der Waals surface area contributed by atoms with E-state index in [9.17, 15) is 0 Å². The van der Waals surface area contributed by atoms with Crippen molar-refractivity contribution in [3.8, 4) is 0 Å². The lowest BCUT2D eigenvalue weighted by molar-refractivity contribution is 0.127. The maximum Gasteiger partial charge on any atom is 0.0926 e. The molecule has 0 radical (unpaired) electrons. The SMILES string of the molecule is CO[C@@H]1C=C[C@@H]2C1N2CC(C)C. The molecule has 1 fully saturated rings. The molecule has 2 heteroatoms. The Bertz CT molecular complexity index is 200. The van der Waals surface area contributed by atoms with Gasteiger partial charge in [-0.15, -0.1) is 0 Å². The van der Waals surface area contributed by atoms with Crippen molar-refractivity contribution in [3.63, 3.8) is 0 Å². The Morgan fingerprint density at radius 1 is 1.42 bits per heavy atom. The second-order valence-corrected chi connectivity index (χ2v) is 4.16. The molecule has 0 N–H and O–H groups in total. The van der Waals surface area contributed by atoms with Gasteiger partial charge in [0.05, 0.1) is 12.1 Å². The number of fused-ring (bicyclic) bond motifs is 1. The number of methoxy groups -OCH3 is 1. The average Bonchev–Trinajstić information content (AvgIpc) is 2.56. The number of hydrogen-bond donors (Lipinski definition) is 0. The third kappa shape index (κ3) is 1.19. The van der Waals surface area contributed by atoms with E-state index in [1.807, 2.05) is 0 Å². The van der Waals surface area contributed by atoms with Crippen molar-refractivity contribution in [1.82, 2.24) is 4.90 Å². The summed E-state index contributed by atoms with van der Waals surface area (Å²) in [4.78, 5) is 2.51. The highest BCUT2D eigenvalue weighted by atomic mass is 16.5. The fourth-order valence-electron chi connectivity index (χ4n) is 2.15. The summed E-state index contributed by atoms with van der Waals surface area (Å²) in [6.45, 7) is 5.73. The summed E-state index contributed by atoms with van der Waals surface area (Å²) in [6.07, 6.45) is 4.82. The van der Waals surface area contributed by atoms with Gasteiger partial charge in [-0.3, -0.25) is 4.90 Å². The minimum absolute atomic E-state index is 0.355. The van der Waals surface area contributed by atoms with Crippen molar-refractivity contribution < 1.29 is 4.74 Å². The quantitative estimate of drug-likeness (QED) is 0.463. The van der Waals surface area contributed by atoms with Crippen molar-refractivity contribution in [2.75, 3.05) is 13.7 Å². The number of hydrogen-bond acceptors (Lipinski definition) is 2. The molecule has 12 heavy (non-hydrogen) atoms. The topological polar surface area (TPSA) is 12.2 Å². The highest BCUT2D eigenvalue weighted by Gasteiger charge is 2.53. The molecular weight excluding hydrogens is 150 g/mol. The molecule has 1 aliphatic heterocycles. The van der Waals surface area contributed by atoms with E-state index in [0.717, 1.165) is 5.92 Å². The van der Waals surface area contributed by atoms with Crippen LogP contribution in [0.2, 0.25) is 0 Å². The second-order valence-electron chi connectivity index (χ2n) is 4.16. The molecule has 0 aromatic heterocycles. The zero-order valence-electron chi connectivity index (χ0n) is 8.03. The second kappa shape index (κ2) is 2.86. The molecule has 2 nitrogen and oxygen atoms in total. The zero-order valence-corrected chi connectivity index (χ0v) is 8.03. The van der Waals surface area contributed by atoms with E-state index in [4.69, 9.17) is 4.74 Å². The number of rotatable bonds is 3. The van der Waals surface area contributed by atoms with Crippen molar-refractivity contribution in [1.29, 1.82) is 0 Å². The number of ether oxygens (including phenoxy) is 1. The van der Waals surface area contributed by atoms with Gasteiger partial charge in [-0.1, -0.05) is 26.0 Å². The van der Waals surface area contributed by atoms with Gasteiger partial charge in [0.1, 0.15) is 0 Å². The van der Waals surface area contributed by atoms with Crippen molar-refractivity contribution in [2.45, 2.75) is 32.0 Å². The van der Waals surface area contributed by atoms with Crippen LogP contribution in [0, 0.1) is 5.92 Å². The molecule has 0 spiro atoms. The average molecular weight is 167 g/mol. The molecule has 0 aromatic rings. The van der Waals surface area contributed by atoms with E-state index in [0.29, 0.717) is 18.2 Å². The van der Waals surface area contributed by atoms with E-state index >= 15 is 0 Å². The molecule has 0 bridgehead atoms. The smallest absolute Gasteiger partial charge is 0.0926 e. The summed E-state index contributed by atoms with van der Waals surface area (Å²) >= 11 is 0. The molecule has 2 aliphatic rings. The largest absolute Gasteiger partial charge is 0.376 e. The first-order chi connectivity index (χ1) is 5.74. The van der Waals surface area contributed by atoms with E-state index in [1.54, 1.807) is 7.11 Å². The molecule has 4 atom stereocenters. The van der Waals surface area contributed by atoms with Gasteiger partial charge in [0, 0.05) is 19.7 Å². The Morgan fingerprint density at radius 3 is 2.75 bits per heavy atom. The van der Waals surface area contributed by atoms with E-state index < -0.39 is 0 Å². The third-order valence-corrected chi connectivity index (χ3v) is 2.71. The lowest BCUT2D eigenvalue weighted by Gasteiger charge is -2.12. The van der Waals surface area contributed by atoms with Crippen molar-refractivity contribution in [3.05, 3.63) is 12.2 Å². The van der Waals surface area contributed by atoms with Gasteiger partial charge in [-0.25, -0.2) is 0 Å². The summed E-state index contributed by atoms with van der Waals surface area (Å²) in [5.41, 5.74) is 0. The molecule has 1 saturated heterocycles. The molecule has 2 rings (SSSR count). The van der Waals surface area contributed by atoms with Crippen LogP contribution in [0.3, 0.4) is 0 Å². The fourth-order valence-corrected chi connectivity index (χ4v) is 2.15. The minimum Gasteiger partial charge on any atom is -0.376 e. The van der Waals surface area contributed by atoms with Gasteiger partial charge >= 0.3 is 0 Å². The summed E-state index contributed by atoms with van der Waals surface area (Å²) in [7, 11) is 1.79. The van der Waals surface area contributed by atoms with Crippen LogP contribution in [0.4, 0.5) is 0 Å². The highest BCUT2D eigenvalue weighted by Crippen LogP contribution is 2.39. The Balaban J connectivity index is 1.89. The van der Waals surface area contributed by atoms with Gasteiger partial charge in [0.2, 0.25) is 0 Å². The van der Waals surface area contributed by atoms with Gasteiger partial charge in [-0.05, 0) is 5.92 Å². The molecule has 0 amide bonds. The monoisotopic (exact) mass is 167 g/mol. The molecule has 0 saturated carbocycles. The summed E-state index contributed by atoms with van der Waals surface area (Å²) < 4.78 is 5.35. The van der Waals surface area contributed by atoms with E-state index in [2.05, 4.69) is 30.9 Å². The Hall–Kier alpha value is -0.340. The molecule has 1 aliphatic carbocycles. The maximum atomic E-state index is 5.35. The van der Waals surface area contributed by atoms with Gasteiger partial charge in [-0.2, -0.15) is 0 Å². The molecular formula is C10H17NO. The van der Waals surface area contributed by atoms with Crippen LogP contribution in [0.25, 0.3) is 0 Å². The standard InChI is InChI=1S/C10H17NO/c1-7(2)6-11-8-4-5-9(12-3)10(8)11/h4-5,7-10H,6H2,1-3H3/t8-,9-,10?,11?/m1/s1. The van der Waals surface area contributed by atoms with Crippen LogP contribution in [0.1, 0.15) is 13.8 Å². The zero-order chi connectivity index (χ0) is 8.72. The molecule has 2 unspecified atom stereocenters. The van der Waals surface area contributed by atoms with Crippen LogP contribution >= 0.6 is 0 Å². The Labute approximate surface area is 74.2 Å². The van der Waals surface area contributed by atoms with Crippen LogP contribution in [0.5, 0.6) is 0 Å². The summed E-state index contributed by atoms with van der Waals surface area (Å²) in [6, 6.07) is 1.36. The first kappa shape index (κ1) is 8.27. The van der Waals surface area contributed by atoms with Gasteiger partial charge < -0.3 is 4.74 Å². The van der Waals surface area contributed by atoms with Crippen LogP contribution < -0.4 is 0 Å². The minimum atomic E-state index is 0.355. The van der Waals surface area contributed by atoms with E-state index in [-0.39, 0.29) is 0 Å². The Kier molecular flexibility index (Phi) is 1.97. The predicted octanol–water partition coefficient (Wildman–Crippen LogP) is 1.28. The maximum absolute atomic E-state index is 5.35. The highest BCUT2D eigenvalue weighted by molar-refractivity contribution is 5.27. The first-order valence-corrected chi connectivity index (χ1v) is 4.71. The summed E-state index contributed by atoms with van der Waals surface area (Å²) in [5, 5.41) is 0. The fraction of sp³-hybridized carbons (Fsp3) is 0.800. The van der Waals surface area contributed by atoms with Crippen LogP contribution in [0.15, 0.2) is 12.2 Å². The predicted molar refractivity (Wildman–Crippen MR) is 49.1 cm³/mol. The molecule has 68 valence electrons. The summed E-state index contributed by atoms with van der Waals surface area (Å²) in [5.74, 6) is 0.765. The lowest BCUT2D eigenvalue weighted by atomic mass is 10.2. The Morgan fingerprint density at radius 2 is 2.17 bits per heavy atom. The van der Waals surface area contributed by atoms with Crippen molar-refractivity contribution in [2.24, 2.45) is 5.92 Å². The van der Waals surface area contributed by atoms with Crippen molar-refractivity contribution >= 4 is 0 Å². The third-order valence-electron chi connectivity index (χ3n) is 2.71. The molecule has 0 aromatic carbocycles. The van der Waals surface area contributed by atoms with Crippen LogP contribution in [-0.4, -0.2) is 36.7 Å². The van der Waals surface area contributed by atoms with Gasteiger partial charge in [0.15, 0.2) is 0 Å². The van der Waals surface area contributed by atoms with E-state index in [1.165, 1.54) is 6.54 Å². The normalized spacial score (nSPS) is 43.7. The molecule has 1 heterocycles. The first-order valence-electron chi connectivity index (χ1n) is 4.71. The number of nitrogens with zero attached hydrogens (tertiary/aromatic N) is 1.